The maximum Gasteiger partial charge on any atom is 0.102 e. The molecule has 0 atom stereocenters. The molecule has 1 N–H and O–H groups in total. The van der Waals surface area contributed by atoms with Crippen LogP contribution in [-0.2, 0) is 0 Å². The van der Waals surface area contributed by atoms with Crippen LogP contribution in [0.5, 0.6) is 0 Å². The van der Waals surface area contributed by atoms with Crippen molar-refractivity contribution in [1.29, 1.82) is 0 Å². The number of nitrogens with one attached hydrogen (secondary N) is 1. The summed E-state index contributed by atoms with van der Waals surface area (Å²) in [6.07, 6.45) is 6.31. The molecular formula is C10H19ClFN. The Morgan fingerprint density at radius 1 is 1.23 bits per heavy atom. The van der Waals surface area contributed by atoms with Gasteiger partial charge in [-0.05, 0) is 18.3 Å². The highest BCUT2D eigenvalue weighted by Crippen LogP contribution is 2.36. The van der Waals surface area contributed by atoms with Crippen molar-refractivity contribution in [3.63, 3.8) is 0 Å². The molecule has 3 heteroatoms. The third kappa shape index (κ3) is 3.43. The zero-order valence-electron chi connectivity index (χ0n) is 8.12. The topological polar surface area (TPSA) is 12.0 Å². The maximum atomic E-state index is 11.9. The van der Waals surface area contributed by atoms with Crippen LogP contribution in [0, 0.1) is 5.41 Å². The Morgan fingerprint density at radius 2 is 1.92 bits per heavy atom. The molecule has 1 saturated carbocycles. The minimum absolute atomic E-state index is 0.259. The smallest absolute Gasteiger partial charge is 0.102 e. The van der Waals surface area contributed by atoms with E-state index in [4.69, 9.17) is 11.6 Å². The Hall–Kier alpha value is 0.180. The summed E-state index contributed by atoms with van der Waals surface area (Å²) in [5.74, 6) is 0.715. The van der Waals surface area contributed by atoms with E-state index in [-0.39, 0.29) is 12.1 Å². The van der Waals surface area contributed by atoms with E-state index in [1.54, 1.807) is 0 Å². The molecular weight excluding hydrogens is 189 g/mol. The van der Waals surface area contributed by atoms with Crippen molar-refractivity contribution in [1.82, 2.24) is 5.32 Å². The van der Waals surface area contributed by atoms with Crippen LogP contribution in [0.2, 0.25) is 0 Å². The van der Waals surface area contributed by atoms with Crippen molar-refractivity contribution in [3.05, 3.63) is 0 Å². The van der Waals surface area contributed by atoms with Gasteiger partial charge in [0.1, 0.15) is 6.67 Å². The first-order valence-corrected chi connectivity index (χ1v) is 5.69. The SMILES string of the molecule is FCCNCC1(CCl)CCCCC1. The summed E-state index contributed by atoms with van der Waals surface area (Å²) in [4.78, 5) is 0. The van der Waals surface area contributed by atoms with Gasteiger partial charge in [-0.15, -0.1) is 11.6 Å². The van der Waals surface area contributed by atoms with Crippen molar-refractivity contribution in [2.75, 3.05) is 25.6 Å². The van der Waals surface area contributed by atoms with Gasteiger partial charge in [-0.2, -0.15) is 0 Å². The van der Waals surface area contributed by atoms with Crippen molar-refractivity contribution in [3.8, 4) is 0 Å². The minimum Gasteiger partial charge on any atom is -0.314 e. The molecule has 0 radical (unpaired) electrons. The molecule has 0 amide bonds. The molecule has 0 unspecified atom stereocenters. The fourth-order valence-corrected chi connectivity index (χ4v) is 2.44. The van der Waals surface area contributed by atoms with Gasteiger partial charge in [-0.1, -0.05) is 19.3 Å². The van der Waals surface area contributed by atoms with Gasteiger partial charge in [0.25, 0.3) is 0 Å². The minimum atomic E-state index is -0.279. The van der Waals surface area contributed by atoms with Crippen molar-refractivity contribution in [2.24, 2.45) is 5.41 Å². The Morgan fingerprint density at radius 3 is 2.46 bits per heavy atom. The molecule has 0 spiro atoms. The van der Waals surface area contributed by atoms with Gasteiger partial charge >= 0.3 is 0 Å². The molecule has 1 fully saturated rings. The fourth-order valence-electron chi connectivity index (χ4n) is 2.08. The largest absolute Gasteiger partial charge is 0.314 e. The number of hydrogen-bond donors (Lipinski definition) is 1. The Balaban J connectivity index is 2.29. The highest BCUT2D eigenvalue weighted by Gasteiger charge is 2.30. The van der Waals surface area contributed by atoms with Gasteiger partial charge in [0, 0.05) is 19.0 Å². The third-order valence-electron chi connectivity index (χ3n) is 2.97. The predicted molar refractivity (Wildman–Crippen MR) is 55.1 cm³/mol. The highest BCUT2D eigenvalue weighted by atomic mass is 35.5. The van der Waals surface area contributed by atoms with E-state index < -0.39 is 0 Å². The van der Waals surface area contributed by atoms with Crippen LogP contribution in [0.25, 0.3) is 0 Å². The summed E-state index contributed by atoms with van der Waals surface area (Å²) in [5, 5.41) is 3.14. The number of halogens is 2. The Bertz CT molecular complexity index is 135. The standard InChI is InChI=1S/C10H19ClFN/c11-8-10(9-13-7-6-12)4-2-1-3-5-10/h13H,1-9H2. The van der Waals surface area contributed by atoms with Gasteiger partial charge in [-0.3, -0.25) is 0 Å². The van der Waals surface area contributed by atoms with Gasteiger partial charge in [0.2, 0.25) is 0 Å². The van der Waals surface area contributed by atoms with E-state index >= 15 is 0 Å². The molecule has 0 bridgehead atoms. The Labute approximate surface area is 85.0 Å². The van der Waals surface area contributed by atoms with Crippen LogP contribution >= 0.6 is 11.6 Å². The summed E-state index contributed by atoms with van der Waals surface area (Å²) in [7, 11) is 0. The van der Waals surface area contributed by atoms with Gasteiger partial charge in [0.15, 0.2) is 0 Å². The van der Waals surface area contributed by atoms with E-state index in [0.717, 1.165) is 6.54 Å². The summed E-state index contributed by atoms with van der Waals surface area (Å²) in [6, 6.07) is 0. The molecule has 1 rings (SSSR count). The summed E-state index contributed by atoms with van der Waals surface area (Å²) >= 11 is 5.98. The second kappa shape index (κ2) is 5.82. The molecule has 13 heavy (non-hydrogen) atoms. The molecule has 0 aromatic rings. The fraction of sp³-hybridized carbons (Fsp3) is 1.00. The average Bonchev–Trinajstić information content (AvgIpc) is 2.20. The highest BCUT2D eigenvalue weighted by molar-refractivity contribution is 6.18. The average molecular weight is 208 g/mol. The molecule has 1 nitrogen and oxygen atoms in total. The lowest BCUT2D eigenvalue weighted by atomic mass is 9.75. The van der Waals surface area contributed by atoms with Crippen LogP contribution < -0.4 is 5.32 Å². The van der Waals surface area contributed by atoms with Crippen LogP contribution in [0.15, 0.2) is 0 Å². The normalized spacial score (nSPS) is 21.7. The van der Waals surface area contributed by atoms with Crippen LogP contribution in [0.4, 0.5) is 4.39 Å². The van der Waals surface area contributed by atoms with E-state index in [0.29, 0.717) is 12.4 Å². The Kier molecular flexibility index (Phi) is 5.04. The first-order valence-electron chi connectivity index (χ1n) is 5.16. The zero-order chi connectivity index (χ0) is 9.57. The maximum absolute atomic E-state index is 11.9. The predicted octanol–water partition coefficient (Wildman–Crippen LogP) is 2.73. The van der Waals surface area contributed by atoms with Crippen LogP contribution in [0.1, 0.15) is 32.1 Å². The van der Waals surface area contributed by atoms with Crippen molar-refractivity contribution < 1.29 is 4.39 Å². The molecule has 1 aliphatic rings. The number of rotatable bonds is 5. The van der Waals surface area contributed by atoms with Crippen LogP contribution in [-0.4, -0.2) is 25.6 Å². The first-order chi connectivity index (χ1) is 6.33. The van der Waals surface area contributed by atoms with Crippen molar-refractivity contribution in [2.45, 2.75) is 32.1 Å². The van der Waals surface area contributed by atoms with E-state index in [1.165, 1.54) is 32.1 Å². The zero-order valence-corrected chi connectivity index (χ0v) is 8.88. The second-order valence-corrected chi connectivity index (χ2v) is 4.33. The van der Waals surface area contributed by atoms with Gasteiger partial charge in [-0.25, -0.2) is 4.39 Å². The molecule has 0 saturated heterocycles. The third-order valence-corrected chi connectivity index (χ3v) is 3.54. The molecule has 0 aromatic carbocycles. The second-order valence-electron chi connectivity index (χ2n) is 4.06. The lowest BCUT2D eigenvalue weighted by molar-refractivity contribution is 0.211. The van der Waals surface area contributed by atoms with Gasteiger partial charge < -0.3 is 5.32 Å². The van der Waals surface area contributed by atoms with Crippen LogP contribution in [0.3, 0.4) is 0 Å². The summed E-state index contributed by atoms with van der Waals surface area (Å²) < 4.78 is 11.9. The van der Waals surface area contributed by atoms with E-state index in [2.05, 4.69) is 5.32 Å². The lowest BCUT2D eigenvalue weighted by Gasteiger charge is -2.35. The summed E-state index contributed by atoms with van der Waals surface area (Å²) in [6.45, 7) is 1.08. The van der Waals surface area contributed by atoms with E-state index in [9.17, 15) is 4.39 Å². The molecule has 78 valence electrons. The number of hydrogen-bond acceptors (Lipinski definition) is 1. The molecule has 0 heterocycles. The van der Waals surface area contributed by atoms with E-state index in [1.807, 2.05) is 0 Å². The molecule has 1 aliphatic carbocycles. The monoisotopic (exact) mass is 207 g/mol. The summed E-state index contributed by atoms with van der Waals surface area (Å²) in [5.41, 5.74) is 0.259. The quantitative estimate of drug-likeness (QED) is 0.540. The lowest BCUT2D eigenvalue weighted by Crippen LogP contribution is -2.38. The first kappa shape index (κ1) is 11.3. The number of alkyl halides is 2. The molecule has 0 aliphatic heterocycles. The van der Waals surface area contributed by atoms with Gasteiger partial charge in [0.05, 0.1) is 0 Å². The van der Waals surface area contributed by atoms with Crippen molar-refractivity contribution >= 4 is 11.6 Å². The molecule has 0 aromatic heterocycles.